The molecular weight excluding hydrogens is 361 g/mol. The molecule has 0 spiro atoms. The zero-order chi connectivity index (χ0) is 17.8. The summed E-state index contributed by atoms with van der Waals surface area (Å²) in [5.41, 5.74) is 1.58. The molecule has 1 N–H and O–H groups in total. The molecule has 5 nitrogen and oxygen atoms in total. The Balaban J connectivity index is 1.62. The van der Waals surface area contributed by atoms with Crippen molar-refractivity contribution in [3.63, 3.8) is 0 Å². The Kier molecular flexibility index (Phi) is 5.86. The van der Waals surface area contributed by atoms with Gasteiger partial charge in [-0.05, 0) is 31.9 Å². The third-order valence-electron chi connectivity index (χ3n) is 4.38. The maximum atomic E-state index is 12.2. The van der Waals surface area contributed by atoms with Gasteiger partial charge in [0, 0.05) is 21.7 Å². The zero-order valence-electron chi connectivity index (χ0n) is 14.1. The van der Waals surface area contributed by atoms with E-state index >= 15 is 0 Å². The Morgan fingerprint density at radius 2 is 2.04 bits per heavy atom. The Morgan fingerprint density at radius 3 is 2.76 bits per heavy atom. The quantitative estimate of drug-likeness (QED) is 0.732. The number of nitrogens with zero attached hydrogens (tertiary/aromatic N) is 2. The first kappa shape index (κ1) is 18.1. The highest BCUT2D eigenvalue weighted by Gasteiger charge is 2.20. The molecule has 134 valence electrons. The molecule has 1 saturated carbocycles. The average Bonchev–Trinajstić information content (AvgIpc) is 2.95. The van der Waals surface area contributed by atoms with Crippen LogP contribution in [0.5, 0.6) is 0 Å². The Morgan fingerprint density at radius 1 is 1.28 bits per heavy atom. The maximum Gasteiger partial charge on any atom is 0.413 e. The number of aryl methyl sites for hydroxylation is 1. The van der Waals surface area contributed by atoms with E-state index in [1.165, 1.54) is 19.3 Å². The summed E-state index contributed by atoms with van der Waals surface area (Å²) in [6.07, 6.45) is 5.31. The lowest BCUT2D eigenvalue weighted by Crippen LogP contribution is -2.20. The van der Waals surface area contributed by atoms with Gasteiger partial charge in [-0.25, -0.2) is 9.48 Å². The Hall–Kier alpha value is -1.72. The van der Waals surface area contributed by atoms with Crippen molar-refractivity contribution in [2.45, 2.75) is 51.7 Å². The molecule has 0 bridgehead atoms. The minimum atomic E-state index is -0.525. The van der Waals surface area contributed by atoms with Crippen LogP contribution >= 0.6 is 23.2 Å². The van der Waals surface area contributed by atoms with Crippen molar-refractivity contribution in [1.82, 2.24) is 9.78 Å². The molecule has 1 aliphatic carbocycles. The van der Waals surface area contributed by atoms with Gasteiger partial charge in [0.2, 0.25) is 0 Å². The number of amides is 1. The van der Waals surface area contributed by atoms with Crippen LogP contribution in [-0.4, -0.2) is 15.9 Å². The van der Waals surface area contributed by atoms with Crippen LogP contribution in [-0.2, 0) is 11.3 Å². The predicted molar refractivity (Wildman–Crippen MR) is 99.4 cm³/mol. The van der Waals surface area contributed by atoms with E-state index in [2.05, 4.69) is 10.4 Å². The van der Waals surface area contributed by atoms with Gasteiger partial charge in [-0.3, -0.25) is 5.32 Å². The van der Waals surface area contributed by atoms with Crippen molar-refractivity contribution in [2.75, 3.05) is 5.32 Å². The molecule has 0 radical (unpaired) electrons. The number of hydrogen-bond donors (Lipinski definition) is 1. The number of ether oxygens (including phenoxy) is 1. The van der Waals surface area contributed by atoms with E-state index in [0.29, 0.717) is 27.5 Å². The number of anilines is 1. The summed E-state index contributed by atoms with van der Waals surface area (Å²) >= 11 is 12.0. The molecule has 7 heteroatoms. The molecule has 3 rings (SSSR count). The van der Waals surface area contributed by atoms with E-state index in [4.69, 9.17) is 27.9 Å². The van der Waals surface area contributed by atoms with Crippen LogP contribution in [0, 0.1) is 6.92 Å². The van der Waals surface area contributed by atoms with E-state index in [0.717, 1.165) is 18.5 Å². The van der Waals surface area contributed by atoms with Crippen molar-refractivity contribution in [3.8, 4) is 0 Å². The molecule has 0 saturated heterocycles. The van der Waals surface area contributed by atoms with Crippen LogP contribution in [0.1, 0.15) is 49.4 Å². The van der Waals surface area contributed by atoms with Crippen molar-refractivity contribution in [3.05, 3.63) is 45.6 Å². The maximum absolute atomic E-state index is 12.2. The molecule has 2 aromatic rings. The van der Waals surface area contributed by atoms with Gasteiger partial charge in [-0.15, -0.1) is 0 Å². The fourth-order valence-electron chi connectivity index (χ4n) is 3.14. The Bertz CT molecular complexity index is 755. The number of carbonyl (C=O) groups excluding carboxylic acids is 1. The molecule has 1 heterocycles. The second kappa shape index (κ2) is 8.11. The average molecular weight is 382 g/mol. The van der Waals surface area contributed by atoms with Crippen LogP contribution in [0.4, 0.5) is 10.6 Å². The highest BCUT2D eigenvalue weighted by atomic mass is 35.5. The van der Waals surface area contributed by atoms with E-state index < -0.39 is 6.09 Å². The lowest BCUT2D eigenvalue weighted by atomic mass is 9.96. The van der Waals surface area contributed by atoms with Gasteiger partial charge < -0.3 is 4.74 Å². The van der Waals surface area contributed by atoms with Gasteiger partial charge in [-0.1, -0.05) is 48.5 Å². The molecule has 1 amide bonds. The summed E-state index contributed by atoms with van der Waals surface area (Å²) in [5, 5.41) is 8.36. The first-order chi connectivity index (χ1) is 12.0. The zero-order valence-corrected chi connectivity index (χ0v) is 15.6. The minimum absolute atomic E-state index is 0.0817. The summed E-state index contributed by atoms with van der Waals surface area (Å²) in [5.74, 6) is 0.677. The number of nitrogens with one attached hydrogen (secondary N) is 1. The van der Waals surface area contributed by atoms with Gasteiger partial charge in [0.1, 0.15) is 12.4 Å². The van der Waals surface area contributed by atoms with Crippen LogP contribution in [0.2, 0.25) is 10.0 Å². The molecule has 1 fully saturated rings. The van der Waals surface area contributed by atoms with Gasteiger partial charge in [-0.2, -0.15) is 5.10 Å². The van der Waals surface area contributed by atoms with Crippen LogP contribution in [0.3, 0.4) is 0 Å². The third-order valence-corrected chi connectivity index (χ3v) is 4.97. The van der Waals surface area contributed by atoms with Crippen molar-refractivity contribution in [1.29, 1.82) is 0 Å². The second-order valence-electron chi connectivity index (χ2n) is 6.34. The van der Waals surface area contributed by atoms with E-state index in [9.17, 15) is 4.79 Å². The number of carbonyl (C=O) groups is 1. The molecule has 0 atom stereocenters. The molecule has 0 aliphatic heterocycles. The van der Waals surface area contributed by atoms with Gasteiger partial charge in [0.05, 0.1) is 11.7 Å². The van der Waals surface area contributed by atoms with Crippen LogP contribution in [0.15, 0.2) is 24.3 Å². The number of benzene rings is 1. The largest absolute Gasteiger partial charge is 0.444 e. The smallest absolute Gasteiger partial charge is 0.413 e. The molecular formula is C18H21Cl2N3O2. The summed E-state index contributed by atoms with van der Waals surface area (Å²) in [4.78, 5) is 12.2. The summed E-state index contributed by atoms with van der Waals surface area (Å²) in [6, 6.07) is 7.29. The van der Waals surface area contributed by atoms with Crippen LogP contribution in [0.25, 0.3) is 0 Å². The highest BCUT2D eigenvalue weighted by Crippen LogP contribution is 2.30. The molecule has 1 aromatic heterocycles. The monoisotopic (exact) mass is 381 g/mol. The van der Waals surface area contributed by atoms with Crippen molar-refractivity contribution in [2.24, 2.45) is 0 Å². The number of halogens is 2. The fourth-order valence-corrected chi connectivity index (χ4v) is 3.60. The summed E-state index contributed by atoms with van der Waals surface area (Å²) in [7, 11) is 0. The summed E-state index contributed by atoms with van der Waals surface area (Å²) < 4.78 is 7.21. The van der Waals surface area contributed by atoms with Crippen molar-refractivity contribution < 1.29 is 9.53 Å². The van der Waals surface area contributed by atoms with E-state index in [1.807, 2.05) is 17.7 Å². The normalized spacial score (nSPS) is 15.2. The number of hydrogen-bond acceptors (Lipinski definition) is 3. The second-order valence-corrected chi connectivity index (χ2v) is 7.19. The first-order valence-electron chi connectivity index (χ1n) is 8.47. The standard InChI is InChI=1S/C18H21Cl2N3O2/c1-12-9-17(23(22-12)15-5-3-2-4-6-15)21-18(24)25-11-13-7-8-14(19)10-16(13)20/h7-10,15H,2-6,11H2,1H3,(H,21,24). The third kappa shape index (κ3) is 4.67. The van der Waals surface area contributed by atoms with Crippen LogP contribution < -0.4 is 5.32 Å². The molecule has 25 heavy (non-hydrogen) atoms. The van der Waals surface area contributed by atoms with E-state index in [1.54, 1.807) is 18.2 Å². The number of aromatic nitrogens is 2. The van der Waals surface area contributed by atoms with Gasteiger partial charge in [0.15, 0.2) is 0 Å². The SMILES string of the molecule is Cc1cc(NC(=O)OCc2ccc(Cl)cc2Cl)n(C2CCCCC2)n1. The topological polar surface area (TPSA) is 56.1 Å². The minimum Gasteiger partial charge on any atom is -0.444 e. The molecule has 1 aliphatic rings. The summed E-state index contributed by atoms with van der Waals surface area (Å²) in [6.45, 7) is 2.00. The predicted octanol–water partition coefficient (Wildman–Crippen LogP) is 5.75. The van der Waals surface area contributed by atoms with Gasteiger partial charge in [0.25, 0.3) is 0 Å². The van der Waals surface area contributed by atoms with E-state index in [-0.39, 0.29) is 6.61 Å². The number of rotatable bonds is 4. The first-order valence-corrected chi connectivity index (χ1v) is 9.22. The lowest BCUT2D eigenvalue weighted by Gasteiger charge is -2.23. The van der Waals surface area contributed by atoms with Crippen molar-refractivity contribution >= 4 is 35.1 Å². The lowest BCUT2D eigenvalue weighted by molar-refractivity contribution is 0.154. The molecule has 0 unspecified atom stereocenters. The van der Waals surface area contributed by atoms with Gasteiger partial charge >= 0.3 is 6.09 Å². The molecule has 1 aromatic carbocycles. The highest BCUT2D eigenvalue weighted by molar-refractivity contribution is 6.35. The fraction of sp³-hybridized carbons (Fsp3) is 0.444. The Labute approximate surface area is 157 Å².